The first-order chi connectivity index (χ1) is 8.63. The quantitative estimate of drug-likeness (QED) is 0.625. The maximum atomic E-state index is 10.9. The predicted molar refractivity (Wildman–Crippen MR) is 65.5 cm³/mol. The largest absolute Gasteiger partial charge is 0.490 e. The van der Waals surface area contributed by atoms with Crippen molar-refractivity contribution in [1.29, 1.82) is 0 Å². The van der Waals surface area contributed by atoms with Crippen LogP contribution < -0.4 is 4.74 Å². The maximum Gasteiger partial charge on any atom is 0.311 e. The molecule has 0 aliphatic carbocycles. The number of rotatable bonds is 5. The van der Waals surface area contributed by atoms with Crippen LogP contribution in [0.2, 0.25) is 0 Å². The van der Waals surface area contributed by atoms with Crippen LogP contribution in [0.25, 0.3) is 0 Å². The Morgan fingerprint density at radius 3 is 2.83 bits per heavy atom. The lowest BCUT2D eigenvalue weighted by Crippen LogP contribution is -2.47. The summed E-state index contributed by atoms with van der Waals surface area (Å²) < 4.78 is 4.95. The van der Waals surface area contributed by atoms with Crippen LogP contribution in [0.5, 0.6) is 5.75 Å². The van der Waals surface area contributed by atoms with E-state index >= 15 is 0 Å². The Morgan fingerprint density at radius 1 is 1.56 bits per heavy atom. The fraction of sp³-hybridized carbons (Fsp3) is 0.500. The van der Waals surface area contributed by atoms with E-state index in [4.69, 9.17) is 9.84 Å². The monoisotopic (exact) mass is 252 g/mol. The lowest BCUT2D eigenvalue weighted by Gasteiger charge is -2.38. The zero-order chi connectivity index (χ0) is 13.1. The van der Waals surface area contributed by atoms with Gasteiger partial charge in [0, 0.05) is 38.2 Å². The molecule has 1 aromatic rings. The van der Waals surface area contributed by atoms with Gasteiger partial charge in [-0.2, -0.15) is 0 Å². The zero-order valence-corrected chi connectivity index (χ0v) is 10.2. The molecule has 1 fully saturated rings. The van der Waals surface area contributed by atoms with E-state index in [0.29, 0.717) is 12.5 Å². The molecule has 2 rings (SSSR count). The number of benzene rings is 1. The van der Waals surface area contributed by atoms with Crippen molar-refractivity contribution in [3.8, 4) is 5.75 Å². The van der Waals surface area contributed by atoms with E-state index in [1.165, 1.54) is 7.11 Å². The van der Waals surface area contributed by atoms with Gasteiger partial charge in [0.05, 0.1) is 12.0 Å². The molecular formula is C12H16N2O4. The van der Waals surface area contributed by atoms with E-state index in [1.807, 2.05) is 6.07 Å². The minimum Gasteiger partial charge on any atom is -0.490 e. The number of nitro benzene ring substituents is 1. The van der Waals surface area contributed by atoms with E-state index in [1.54, 1.807) is 12.1 Å². The molecule has 0 atom stereocenters. The summed E-state index contributed by atoms with van der Waals surface area (Å²) in [7, 11) is 1.42. The second-order valence-electron chi connectivity index (χ2n) is 4.51. The van der Waals surface area contributed by atoms with Gasteiger partial charge in [-0.05, 0) is 11.6 Å². The van der Waals surface area contributed by atoms with Crippen LogP contribution in [0.15, 0.2) is 18.2 Å². The third-order valence-corrected chi connectivity index (χ3v) is 3.14. The zero-order valence-electron chi connectivity index (χ0n) is 10.2. The minimum absolute atomic E-state index is 0.00534. The lowest BCUT2D eigenvalue weighted by molar-refractivity contribution is -0.385. The first-order valence-corrected chi connectivity index (χ1v) is 5.78. The average Bonchev–Trinajstić information content (AvgIpc) is 2.32. The maximum absolute atomic E-state index is 10.9. The lowest BCUT2D eigenvalue weighted by atomic mass is 10.0. The van der Waals surface area contributed by atoms with E-state index in [0.717, 1.165) is 18.7 Å². The topological polar surface area (TPSA) is 75.8 Å². The summed E-state index contributed by atoms with van der Waals surface area (Å²) in [6.07, 6.45) is 0. The average molecular weight is 252 g/mol. The Balaban J connectivity index is 2.06. The van der Waals surface area contributed by atoms with Crippen molar-refractivity contribution < 1.29 is 14.8 Å². The second kappa shape index (κ2) is 5.32. The molecule has 1 saturated heterocycles. The highest BCUT2D eigenvalue weighted by molar-refractivity contribution is 5.48. The normalized spacial score (nSPS) is 16.3. The van der Waals surface area contributed by atoms with Crippen LogP contribution in [0.1, 0.15) is 5.56 Å². The van der Waals surface area contributed by atoms with Crippen LogP contribution in [0.3, 0.4) is 0 Å². The SMILES string of the molecule is COc1ccc(CN2CC(CO)C2)cc1[N+](=O)[O-]. The molecule has 1 aliphatic heterocycles. The van der Waals surface area contributed by atoms with Gasteiger partial charge in [-0.1, -0.05) is 6.07 Å². The number of likely N-dealkylation sites (tertiary alicyclic amines) is 1. The van der Waals surface area contributed by atoms with Gasteiger partial charge < -0.3 is 9.84 Å². The van der Waals surface area contributed by atoms with Gasteiger partial charge in [-0.15, -0.1) is 0 Å². The summed E-state index contributed by atoms with van der Waals surface area (Å²) in [5.41, 5.74) is 0.883. The first-order valence-electron chi connectivity index (χ1n) is 5.78. The van der Waals surface area contributed by atoms with Gasteiger partial charge in [-0.3, -0.25) is 15.0 Å². The molecule has 1 aliphatic rings. The molecule has 6 nitrogen and oxygen atoms in total. The van der Waals surface area contributed by atoms with E-state index < -0.39 is 4.92 Å². The van der Waals surface area contributed by atoms with Crippen LogP contribution >= 0.6 is 0 Å². The van der Waals surface area contributed by atoms with Gasteiger partial charge in [0.1, 0.15) is 0 Å². The predicted octanol–water partition coefficient (Wildman–Crippen LogP) is 1.03. The molecule has 6 heteroatoms. The minimum atomic E-state index is -0.436. The molecule has 0 amide bonds. The van der Waals surface area contributed by atoms with Crippen molar-refractivity contribution in [3.63, 3.8) is 0 Å². The Labute approximate surface area is 105 Å². The summed E-state index contributed by atoms with van der Waals surface area (Å²) in [5.74, 6) is 0.624. The van der Waals surface area contributed by atoms with Crippen molar-refractivity contribution >= 4 is 5.69 Å². The molecule has 1 heterocycles. The molecule has 98 valence electrons. The second-order valence-corrected chi connectivity index (χ2v) is 4.51. The number of ether oxygens (including phenoxy) is 1. The van der Waals surface area contributed by atoms with Crippen molar-refractivity contribution in [2.75, 3.05) is 26.8 Å². The molecule has 0 spiro atoms. The summed E-state index contributed by atoms with van der Waals surface area (Å²) >= 11 is 0. The highest BCUT2D eigenvalue weighted by Crippen LogP contribution is 2.28. The Kier molecular flexibility index (Phi) is 3.78. The molecule has 1 N–H and O–H groups in total. The Bertz CT molecular complexity index is 444. The number of nitrogens with zero attached hydrogens (tertiary/aromatic N) is 2. The van der Waals surface area contributed by atoms with Crippen molar-refractivity contribution in [2.24, 2.45) is 5.92 Å². The Morgan fingerprint density at radius 2 is 2.28 bits per heavy atom. The fourth-order valence-corrected chi connectivity index (χ4v) is 2.16. The molecular weight excluding hydrogens is 236 g/mol. The van der Waals surface area contributed by atoms with Gasteiger partial charge in [-0.25, -0.2) is 0 Å². The number of hydrogen-bond donors (Lipinski definition) is 1. The van der Waals surface area contributed by atoms with E-state index in [9.17, 15) is 10.1 Å². The number of nitro groups is 1. The van der Waals surface area contributed by atoms with Crippen LogP contribution in [0.4, 0.5) is 5.69 Å². The first kappa shape index (κ1) is 12.8. The molecule has 0 radical (unpaired) electrons. The van der Waals surface area contributed by atoms with Gasteiger partial charge in [0.15, 0.2) is 5.75 Å². The van der Waals surface area contributed by atoms with E-state index in [2.05, 4.69) is 4.90 Å². The third kappa shape index (κ3) is 2.60. The van der Waals surface area contributed by atoms with Gasteiger partial charge in [0.2, 0.25) is 0 Å². The summed E-state index contributed by atoms with van der Waals surface area (Å²) in [6, 6.07) is 5.00. The Hall–Kier alpha value is -1.66. The number of aliphatic hydroxyl groups excluding tert-OH is 1. The number of methoxy groups -OCH3 is 1. The number of aliphatic hydroxyl groups is 1. The molecule has 0 unspecified atom stereocenters. The summed E-state index contributed by atoms with van der Waals surface area (Å²) in [6.45, 7) is 2.56. The highest BCUT2D eigenvalue weighted by Gasteiger charge is 2.26. The molecule has 18 heavy (non-hydrogen) atoms. The van der Waals surface area contributed by atoms with Crippen LogP contribution in [-0.2, 0) is 6.54 Å². The van der Waals surface area contributed by atoms with E-state index in [-0.39, 0.29) is 18.0 Å². The molecule has 0 bridgehead atoms. The number of hydrogen-bond acceptors (Lipinski definition) is 5. The smallest absolute Gasteiger partial charge is 0.311 e. The van der Waals surface area contributed by atoms with Gasteiger partial charge >= 0.3 is 5.69 Å². The van der Waals surface area contributed by atoms with Crippen molar-refractivity contribution in [3.05, 3.63) is 33.9 Å². The fourth-order valence-electron chi connectivity index (χ4n) is 2.16. The van der Waals surface area contributed by atoms with Crippen molar-refractivity contribution in [1.82, 2.24) is 4.90 Å². The van der Waals surface area contributed by atoms with Crippen molar-refractivity contribution in [2.45, 2.75) is 6.54 Å². The molecule has 1 aromatic carbocycles. The highest BCUT2D eigenvalue weighted by atomic mass is 16.6. The summed E-state index contributed by atoms with van der Waals surface area (Å²) in [5, 5.41) is 19.8. The van der Waals surface area contributed by atoms with Crippen LogP contribution in [0, 0.1) is 16.0 Å². The van der Waals surface area contributed by atoms with Gasteiger partial charge in [0.25, 0.3) is 0 Å². The standard InChI is InChI=1S/C12H16N2O4/c1-18-12-3-2-9(4-11(12)14(16)17)5-13-6-10(7-13)8-15/h2-4,10,15H,5-8H2,1H3. The summed E-state index contributed by atoms with van der Waals surface area (Å²) in [4.78, 5) is 12.6. The molecule has 0 saturated carbocycles. The third-order valence-electron chi connectivity index (χ3n) is 3.14. The molecule has 0 aromatic heterocycles. The van der Waals surface area contributed by atoms with Crippen LogP contribution in [-0.4, -0.2) is 41.7 Å².